The Morgan fingerprint density at radius 2 is 0.778 bits per heavy atom. The van der Waals surface area contributed by atoms with Gasteiger partial charge in [0, 0.05) is 26.2 Å². The van der Waals surface area contributed by atoms with Crippen LogP contribution in [0.25, 0.3) is 32.7 Å². The maximum atomic E-state index is 9.24. The lowest BCUT2D eigenvalue weighted by atomic mass is 9.89. The Hall–Kier alpha value is -4.30. The molecule has 6 nitrogen and oxygen atoms in total. The zero-order chi connectivity index (χ0) is 30.7. The van der Waals surface area contributed by atoms with Gasteiger partial charge in [-0.3, -0.25) is 0 Å². The van der Waals surface area contributed by atoms with Crippen LogP contribution < -0.4 is 22.9 Å². The molecule has 45 heavy (non-hydrogen) atoms. The fourth-order valence-electron chi connectivity index (χ4n) is 5.47. The first-order valence-electron chi connectivity index (χ1n) is 14.1. The molecule has 0 saturated heterocycles. The normalized spacial score (nSPS) is 10.3. The summed E-state index contributed by atoms with van der Waals surface area (Å²) < 4.78 is 0. The number of rotatable bonds is 4. The molecule has 4 aromatic rings. The molecule has 0 atom stereocenters. The molecule has 0 unspecified atom stereocenters. The van der Waals surface area contributed by atoms with Gasteiger partial charge < -0.3 is 22.9 Å². The van der Waals surface area contributed by atoms with Crippen molar-refractivity contribution in [2.24, 2.45) is 22.9 Å². The van der Waals surface area contributed by atoms with E-state index in [1.165, 1.54) is 33.0 Å². The zero-order valence-corrected chi connectivity index (χ0v) is 24.8. The van der Waals surface area contributed by atoms with Gasteiger partial charge in [0.1, 0.15) is 12.1 Å². The predicted molar refractivity (Wildman–Crippen MR) is 201 cm³/mol. The molecule has 6 heteroatoms. The number of nitrogens with two attached hydrogens (primary N) is 4. The molecule has 0 spiro atoms. The van der Waals surface area contributed by atoms with Crippen LogP contribution in [0.15, 0.2) is 61.7 Å². The van der Waals surface area contributed by atoms with Gasteiger partial charge in [-0.1, -0.05) is 119 Å². The molecule has 4 aromatic carbocycles. The fraction of sp³-hybridized carbons (Fsp3) is 0.333. The van der Waals surface area contributed by atoms with Gasteiger partial charge in [0.25, 0.3) is 0 Å². The summed E-state index contributed by atoms with van der Waals surface area (Å²) in [7, 11) is 0. The highest BCUT2D eigenvalue weighted by Gasteiger charge is 2.26. The van der Waals surface area contributed by atoms with Crippen LogP contribution >= 0.6 is 0 Å². The third kappa shape index (κ3) is 8.45. The Bertz CT molecular complexity index is 1530. The third-order valence-electron chi connectivity index (χ3n) is 7.04. The minimum atomic E-state index is 0. The monoisotopic (exact) mass is 610 g/mol. The molecule has 0 radical (unpaired) electrons. The van der Waals surface area contributed by atoms with Crippen LogP contribution in [-0.4, -0.2) is 0 Å². The lowest BCUT2D eigenvalue weighted by Crippen LogP contribution is -2.09. The molecule has 1 aliphatic carbocycles. The predicted octanol–water partition coefficient (Wildman–Crippen LogP) is 9.28. The third-order valence-corrected chi connectivity index (χ3v) is 7.04. The first-order valence-corrected chi connectivity index (χ1v) is 14.1. The second-order valence-corrected chi connectivity index (χ2v) is 8.93. The quantitative estimate of drug-likeness (QED) is 0.181. The Morgan fingerprint density at radius 3 is 1.00 bits per heavy atom. The fourth-order valence-corrected chi connectivity index (χ4v) is 5.47. The van der Waals surface area contributed by atoms with E-state index in [2.05, 4.69) is 37.4 Å². The van der Waals surface area contributed by atoms with E-state index in [0.29, 0.717) is 35.3 Å². The van der Waals surface area contributed by atoms with E-state index < -0.39 is 0 Å². The average Bonchev–Trinajstić information content (AvgIpc) is 3.33. The second-order valence-electron chi connectivity index (χ2n) is 8.93. The average molecular weight is 611 g/mol. The molecule has 8 N–H and O–H groups in total. The van der Waals surface area contributed by atoms with Crippen LogP contribution in [0.1, 0.15) is 108 Å². The highest BCUT2D eigenvalue weighted by atomic mass is 14.6. The molecule has 0 aliphatic heterocycles. The van der Waals surface area contributed by atoms with Crippen molar-refractivity contribution >= 4 is 32.7 Å². The van der Waals surface area contributed by atoms with Gasteiger partial charge in [-0.2, -0.15) is 10.5 Å². The van der Waals surface area contributed by atoms with Crippen molar-refractivity contribution in [1.82, 2.24) is 0 Å². The standard InChI is InChI=1S/C17H18N2.C14H12N4.2C2H6.4CH4/c1-10-7-11(2)17-15(9-19)13-6-4-3-5-12(13)14(8-18)16(10)17;15-5-11-9-3-1-2-4-10(9)12(6-16)14(8-18)13(11)7-17;2*1-2;;;;/h3-6H,1-2,7-9,18-19H2;1-4H,5-6,15-16H2;2*1-2H3;4*1H4. The summed E-state index contributed by atoms with van der Waals surface area (Å²) in [6.07, 6.45) is 0.825. The molecule has 0 fully saturated rings. The summed E-state index contributed by atoms with van der Waals surface area (Å²) in [6.45, 7) is 17.8. The van der Waals surface area contributed by atoms with E-state index in [9.17, 15) is 10.5 Å². The molecule has 0 aromatic heterocycles. The Morgan fingerprint density at radius 1 is 0.533 bits per heavy atom. The highest BCUT2D eigenvalue weighted by molar-refractivity contribution is 6.03. The lowest BCUT2D eigenvalue weighted by molar-refractivity contribution is 1.05. The number of hydrogen-bond acceptors (Lipinski definition) is 6. The SMILES string of the molecule is C.C.C.C.C=C1CC(=C)c2c1c(CN)c1ccccc1c2CN.CC.CC.N#Cc1c(C#N)c(CN)c2ccccc2c1CN. The summed E-state index contributed by atoms with van der Waals surface area (Å²) in [5.74, 6) is 0. The van der Waals surface area contributed by atoms with E-state index in [0.717, 1.165) is 28.3 Å². The van der Waals surface area contributed by atoms with Crippen LogP contribution in [-0.2, 0) is 26.2 Å². The summed E-state index contributed by atoms with van der Waals surface area (Å²) >= 11 is 0. The van der Waals surface area contributed by atoms with Crippen LogP contribution in [0, 0.1) is 22.7 Å². The van der Waals surface area contributed by atoms with Crippen molar-refractivity contribution in [3.63, 3.8) is 0 Å². The van der Waals surface area contributed by atoms with E-state index >= 15 is 0 Å². The van der Waals surface area contributed by atoms with Crippen molar-refractivity contribution < 1.29 is 0 Å². The Balaban J connectivity index is -0.000000654. The minimum Gasteiger partial charge on any atom is -0.326 e. The number of nitrogens with zero attached hydrogens (tertiary/aromatic N) is 2. The van der Waals surface area contributed by atoms with E-state index in [-0.39, 0.29) is 42.8 Å². The Labute approximate surface area is 274 Å². The maximum absolute atomic E-state index is 9.24. The summed E-state index contributed by atoms with van der Waals surface area (Å²) in [6, 6.07) is 20.0. The molecule has 0 amide bonds. The van der Waals surface area contributed by atoms with Crippen molar-refractivity contribution in [3.8, 4) is 12.1 Å². The summed E-state index contributed by atoms with van der Waals surface area (Å²) in [5, 5.41) is 22.7. The number of benzene rings is 4. The first kappa shape index (κ1) is 45.1. The molecule has 0 bridgehead atoms. The molecule has 1 aliphatic rings. The van der Waals surface area contributed by atoms with Crippen molar-refractivity contribution in [2.45, 2.75) is 90.0 Å². The van der Waals surface area contributed by atoms with Crippen LogP contribution in [0.5, 0.6) is 0 Å². The van der Waals surface area contributed by atoms with Gasteiger partial charge in [-0.25, -0.2) is 0 Å². The minimum absolute atomic E-state index is 0. The van der Waals surface area contributed by atoms with Crippen LogP contribution in [0.4, 0.5) is 0 Å². The lowest BCUT2D eigenvalue weighted by Gasteiger charge is -2.17. The number of allylic oxidation sites excluding steroid dienone is 2. The van der Waals surface area contributed by atoms with Gasteiger partial charge in [-0.05, 0) is 72.5 Å². The highest BCUT2D eigenvalue weighted by Crippen LogP contribution is 2.45. The number of hydrogen-bond donors (Lipinski definition) is 4. The second kappa shape index (κ2) is 21.4. The van der Waals surface area contributed by atoms with Gasteiger partial charge in [0.2, 0.25) is 0 Å². The molecular weight excluding hydrogens is 552 g/mol. The van der Waals surface area contributed by atoms with E-state index in [1.54, 1.807) is 0 Å². The molecule has 0 saturated carbocycles. The van der Waals surface area contributed by atoms with E-state index in [1.807, 2.05) is 64.1 Å². The van der Waals surface area contributed by atoms with Gasteiger partial charge >= 0.3 is 0 Å². The first-order chi connectivity index (χ1) is 20.0. The van der Waals surface area contributed by atoms with Crippen molar-refractivity contribution in [1.29, 1.82) is 10.5 Å². The molecular formula is C39H58N6. The van der Waals surface area contributed by atoms with Crippen molar-refractivity contribution in [3.05, 3.63) is 106 Å². The van der Waals surface area contributed by atoms with Gasteiger partial charge in [-0.15, -0.1) is 0 Å². The molecule has 244 valence electrons. The van der Waals surface area contributed by atoms with E-state index in [4.69, 9.17) is 22.9 Å². The molecule has 0 heterocycles. The number of fused-ring (bicyclic) bond motifs is 3. The largest absolute Gasteiger partial charge is 0.326 e. The summed E-state index contributed by atoms with van der Waals surface area (Å²) in [4.78, 5) is 0. The summed E-state index contributed by atoms with van der Waals surface area (Å²) in [5.41, 5.74) is 32.5. The van der Waals surface area contributed by atoms with Crippen LogP contribution in [0.3, 0.4) is 0 Å². The van der Waals surface area contributed by atoms with Gasteiger partial charge in [0.15, 0.2) is 0 Å². The maximum Gasteiger partial charge on any atom is 0.101 e. The zero-order valence-electron chi connectivity index (χ0n) is 24.8. The smallest absolute Gasteiger partial charge is 0.101 e. The number of nitriles is 2. The van der Waals surface area contributed by atoms with Crippen molar-refractivity contribution in [2.75, 3.05) is 0 Å². The Kier molecular flexibility index (Phi) is 21.5. The molecule has 5 rings (SSSR count). The van der Waals surface area contributed by atoms with Gasteiger partial charge in [0.05, 0.1) is 11.1 Å². The topological polar surface area (TPSA) is 152 Å². The van der Waals surface area contributed by atoms with Crippen LogP contribution in [0.2, 0.25) is 0 Å².